The standard InChI is InChI=1S/C12H14N4O2S/c1-9(16(17)18)7-10-3-5-11(6-4-10)15-12(19-2)14-8-13/h3-6,9H,7H2,1-2H3,(H,14,15). The van der Waals surface area contributed by atoms with E-state index in [4.69, 9.17) is 5.26 Å². The van der Waals surface area contributed by atoms with Crippen LogP contribution in [-0.4, -0.2) is 22.4 Å². The molecule has 0 aromatic heterocycles. The molecule has 0 heterocycles. The minimum atomic E-state index is -0.601. The second kappa shape index (κ2) is 7.38. The molecule has 0 saturated carbocycles. The van der Waals surface area contributed by atoms with Gasteiger partial charge in [-0.3, -0.25) is 15.4 Å². The van der Waals surface area contributed by atoms with Gasteiger partial charge < -0.3 is 0 Å². The van der Waals surface area contributed by atoms with E-state index < -0.39 is 6.04 Å². The van der Waals surface area contributed by atoms with Gasteiger partial charge in [-0.2, -0.15) is 5.26 Å². The molecule has 0 aliphatic rings. The Morgan fingerprint density at radius 1 is 1.58 bits per heavy atom. The van der Waals surface area contributed by atoms with Crippen molar-refractivity contribution in [1.82, 2.24) is 5.32 Å². The van der Waals surface area contributed by atoms with E-state index in [-0.39, 0.29) is 4.92 Å². The number of thioether (sulfide) groups is 1. The van der Waals surface area contributed by atoms with E-state index in [1.807, 2.05) is 24.6 Å². The predicted octanol–water partition coefficient (Wildman–Crippen LogP) is 2.32. The van der Waals surface area contributed by atoms with E-state index in [0.29, 0.717) is 17.3 Å². The molecule has 1 rings (SSSR count). The van der Waals surface area contributed by atoms with E-state index in [0.717, 1.165) is 5.56 Å². The van der Waals surface area contributed by atoms with E-state index in [1.165, 1.54) is 11.8 Å². The highest BCUT2D eigenvalue weighted by molar-refractivity contribution is 8.13. The molecule has 0 fully saturated rings. The number of amidine groups is 1. The number of benzene rings is 1. The molecule has 1 N–H and O–H groups in total. The zero-order valence-corrected chi connectivity index (χ0v) is 11.5. The lowest BCUT2D eigenvalue weighted by Crippen LogP contribution is -2.17. The molecule has 1 unspecified atom stereocenters. The third-order valence-electron chi connectivity index (χ3n) is 2.41. The highest BCUT2D eigenvalue weighted by Gasteiger charge is 2.13. The third kappa shape index (κ3) is 4.97. The van der Waals surface area contributed by atoms with Crippen LogP contribution >= 0.6 is 11.8 Å². The van der Waals surface area contributed by atoms with E-state index in [9.17, 15) is 10.1 Å². The van der Waals surface area contributed by atoms with Gasteiger partial charge in [0, 0.05) is 18.3 Å². The van der Waals surface area contributed by atoms with Crippen molar-refractivity contribution in [2.45, 2.75) is 19.4 Å². The summed E-state index contributed by atoms with van der Waals surface area (Å²) in [5, 5.41) is 22.1. The number of nitro groups is 1. The average Bonchev–Trinajstić information content (AvgIpc) is 2.40. The van der Waals surface area contributed by atoms with Crippen LogP contribution in [0.2, 0.25) is 0 Å². The average molecular weight is 278 g/mol. The summed E-state index contributed by atoms with van der Waals surface area (Å²) in [6, 6.07) is 6.57. The summed E-state index contributed by atoms with van der Waals surface area (Å²) >= 11 is 1.34. The van der Waals surface area contributed by atoms with Gasteiger partial charge in [0.25, 0.3) is 0 Å². The van der Waals surface area contributed by atoms with Crippen molar-refractivity contribution in [3.8, 4) is 6.19 Å². The van der Waals surface area contributed by atoms with Crippen molar-refractivity contribution >= 4 is 22.6 Å². The monoisotopic (exact) mass is 278 g/mol. The molecule has 1 atom stereocenters. The van der Waals surface area contributed by atoms with Crippen molar-refractivity contribution in [3.63, 3.8) is 0 Å². The third-order valence-corrected chi connectivity index (χ3v) is 2.99. The Kier molecular flexibility index (Phi) is 5.82. The number of nitrogens with one attached hydrogen (secondary N) is 1. The van der Waals surface area contributed by atoms with E-state index in [2.05, 4.69) is 10.3 Å². The molecule has 19 heavy (non-hydrogen) atoms. The van der Waals surface area contributed by atoms with Gasteiger partial charge in [-0.05, 0) is 24.0 Å². The Balaban J connectivity index is 2.76. The molecule has 7 heteroatoms. The Labute approximate surface area is 115 Å². The lowest BCUT2D eigenvalue weighted by molar-refractivity contribution is -0.517. The summed E-state index contributed by atoms with van der Waals surface area (Å²) in [4.78, 5) is 14.5. The molecule has 0 amide bonds. The van der Waals surface area contributed by atoms with Gasteiger partial charge >= 0.3 is 0 Å². The number of aliphatic imine (C=N–C) groups is 1. The summed E-state index contributed by atoms with van der Waals surface area (Å²) < 4.78 is 0. The van der Waals surface area contributed by atoms with Gasteiger partial charge in [0.15, 0.2) is 11.4 Å². The van der Waals surface area contributed by atoms with Crippen molar-refractivity contribution in [1.29, 1.82) is 5.26 Å². The van der Waals surface area contributed by atoms with Crippen molar-refractivity contribution in [2.75, 3.05) is 6.26 Å². The van der Waals surface area contributed by atoms with Crippen molar-refractivity contribution in [2.24, 2.45) is 4.99 Å². The molecular formula is C12H14N4O2S. The topological polar surface area (TPSA) is 91.3 Å². The quantitative estimate of drug-likeness (QED) is 0.228. The predicted molar refractivity (Wildman–Crippen MR) is 76.0 cm³/mol. The lowest BCUT2D eigenvalue weighted by atomic mass is 10.1. The molecule has 0 spiro atoms. The molecule has 6 nitrogen and oxygen atoms in total. The second-order valence-corrected chi connectivity index (χ2v) is 4.66. The maximum absolute atomic E-state index is 10.6. The fourth-order valence-electron chi connectivity index (χ4n) is 1.41. The SMILES string of the molecule is CSC(=Nc1ccc(CC(C)[N+](=O)[O-])cc1)NC#N. The Morgan fingerprint density at radius 2 is 2.21 bits per heavy atom. The van der Waals surface area contributed by atoms with Gasteiger partial charge in [-0.15, -0.1) is 0 Å². The number of hydrogen-bond donors (Lipinski definition) is 1. The first-order valence-corrected chi connectivity index (χ1v) is 6.79. The van der Waals surface area contributed by atoms with Crippen molar-refractivity contribution < 1.29 is 4.92 Å². The first-order valence-electron chi connectivity index (χ1n) is 5.57. The van der Waals surface area contributed by atoms with Gasteiger partial charge in [0.05, 0.1) is 5.69 Å². The van der Waals surface area contributed by atoms with Crippen LogP contribution in [-0.2, 0) is 6.42 Å². The van der Waals surface area contributed by atoms with Gasteiger partial charge in [0.2, 0.25) is 6.04 Å². The van der Waals surface area contributed by atoms with Crippen LogP contribution in [0, 0.1) is 21.6 Å². The molecule has 0 bridgehead atoms. The van der Waals surface area contributed by atoms with Gasteiger partial charge in [-0.25, -0.2) is 4.99 Å². The highest BCUT2D eigenvalue weighted by atomic mass is 32.2. The first-order chi connectivity index (χ1) is 9.06. The largest absolute Gasteiger partial charge is 0.271 e. The minimum absolute atomic E-state index is 0.297. The second-order valence-electron chi connectivity index (χ2n) is 3.86. The molecular weight excluding hydrogens is 264 g/mol. The van der Waals surface area contributed by atoms with Crippen LogP contribution in [0.1, 0.15) is 12.5 Å². The summed E-state index contributed by atoms with van der Waals surface area (Å²) in [6.45, 7) is 1.58. The zero-order chi connectivity index (χ0) is 14.3. The van der Waals surface area contributed by atoms with Crippen LogP contribution in [0.25, 0.3) is 0 Å². The maximum Gasteiger partial charge on any atom is 0.214 e. The summed E-state index contributed by atoms with van der Waals surface area (Å²) in [5.74, 6) is 0. The molecule has 100 valence electrons. The number of rotatable bonds is 4. The summed E-state index contributed by atoms with van der Waals surface area (Å²) in [5.41, 5.74) is 1.59. The molecule has 0 saturated heterocycles. The normalized spacial score (nSPS) is 12.6. The lowest BCUT2D eigenvalue weighted by Gasteiger charge is -2.04. The number of nitriles is 1. The fraction of sp³-hybridized carbons (Fsp3) is 0.333. The molecule has 0 radical (unpaired) electrons. The van der Waals surface area contributed by atoms with Crippen LogP contribution in [0.15, 0.2) is 29.3 Å². The van der Waals surface area contributed by atoms with E-state index >= 15 is 0 Å². The number of hydrogen-bond acceptors (Lipinski definition) is 5. The molecule has 1 aromatic rings. The van der Waals surface area contributed by atoms with Crippen molar-refractivity contribution in [3.05, 3.63) is 39.9 Å². The molecule has 1 aromatic carbocycles. The van der Waals surface area contributed by atoms with Gasteiger partial charge in [-0.1, -0.05) is 23.9 Å². The van der Waals surface area contributed by atoms with Crippen LogP contribution < -0.4 is 5.32 Å². The van der Waals surface area contributed by atoms with Crippen LogP contribution in [0.5, 0.6) is 0 Å². The van der Waals surface area contributed by atoms with Crippen LogP contribution in [0.3, 0.4) is 0 Å². The summed E-state index contributed by atoms with van der Waals surface area (Å²) in [6.07, 6.45) is 4.02. The summed E-state index contributed by atoms with van der Waals surface area (Å²) in [7, 11) is 0. The smallest absolute Gasteiger partial charge is 0.214 e. The fourth-order valence-corrected chi connectivity index (χ4v) is 1.76. The maximum atomic E-state index is 10.6. The molecule has 0 aliphatic carbocycles. The molecule has 0 aliphatic heterocycles. The minimum Gasteiger partial charge on any atom is -0.271 e. The van der Waals surface area contributed by atoms with Gasteiger partial charge in [0.1, 0.15) is 0 Å². The Morgan fingerprint density at radius 3 is 2.68 bits per heavy atom. The zero-order valence-electron chi connectivity index (χ0n) is 10.7. The Bertz CT molecular complexity index is 507. The number of nitrogens with zero attached hydrogens (tertiary/aromatic N) is 3. The van der Waals surface area contributed by atoms with E-state index in [1.54, 1.807) is 19.1 Å². The Hall–Kier alpha value is -2.07. The first kappa shape index (κ1) is 15.0. The van der Waals surface area contributed by atoms with Crippen LogP contribution in [0.4, 0.5) is 5.69 Å². The highest BCUT2D eigenvalue weighted by Crippen LogP contribution is 2.16.